The number of hydrogen-bond acceptors (Lipinski definition) is 6. The number of benzene rings is 1. The molecule has 2 N–H and O–H groups in total. The monoisotopic (exact) mass is 438 g/mol. The molecule has 166 valence electrons. The predicted molar refractivity (Wildman–Crippen MR) is 112 cm³/mol. The molecule has 2 fully saturated rings. The van der Waals surface area contributed by atoms with Gasteiger partial charge in [0.05, 0.1) is 10.5 Å². The van der Waals surface area contributed by atoms with Crippen molar-refractivity contribution in [1.82, 2.24) is 14.1 Å². The molecule has 2 amide bonds. The van der Waals surface area contributed by atoms with E-state index in [1.807, 2.05) is 0 Å². The molecule has 0 spiro atoms. The Balaban J connectivity index is 1.75. The molecule has 2 heterocycles. The van der Waals surface area contributed by atoms with Crippen LogP contribution < -0.4 is 10.5 Å². The van der Waals surface area contributed by atoms with E-state index in [4.69, 9.17) is 10.5 Å². The van der Waals surface area contributed by atoms with Crippen LogP contribution in [0.25, 0.3) is 0 Å². The molecule has 0 aliphatic carbocycles. The van der Waals surface area contributed by atoms with E-state index in [0.29, 0.717) is 26.2 Å². The summed E-state index contributed by atoms with van der Waals surface area (Å²) in [7, 11) is -3.69. The normalized spacial score (nSPS) is 19.6. The van der Waals surface area contributed by atoms with Gasteiger partial charge >= 0.3 is 0 Å². The summed E-state index contributed by atoms with van der Waals surface area (Å²) in [5.41, 5.74) is 5.43. The summed E-state index contributed by atoms with van der Waals surface area (Å²) in [5, 5.41) is 0. The van der Waals surface area contributed by atoms with Crippen molar-refractivity contribution in [3.05, 3.63) is 23.8 Å². The number of rotatable bonds is 7. The summed E-state index contributed by atoms with van der Waals surface area (Å²) in [5.74, 6) is -0.870. The van der Waals surface area contributed by atoms with Gasteiger partial charge in [-0.15, -0.1) is 0 Å². The minimum Gasteiger partial charge on any atom is -0.480 e. The maximum atomic E-state index is 12.8. The van der Waals surface area contributed by atoms with Gasteiger partial charge in [0.25, 0.3) is 11.8 Å². The second kappa shape index (κ2) is 9.32. The van der Waals surface area contributed by atoms with Gasteiger partial charge in [0.2, 0.25) is 10.0 Å². The van der Waals surface area contributed by atoms with Gasteiger partial charge in [0.15, 0.2) is 6.10 Å². The highest BCUT2D eigenvalue weighted by atomic mass is 32.2. The van der Waals surface area contributed by atoms with Gasteiger partial charge in [-0.05, 0) is 44.5 Å². The fraction of sp³-hybridized carbons (Fsp3) is 0.600. The number of ether oxygens (including phenoxy) is 1. The summed E-state index contributed by atoms with van der Waals surface area (Å²) in [6, 6.07) is 4.04. The van der Waals surface area contributed by atoms with Crippen molar-refractivity contribution in [2.75, 3.05) is 45.8 Å². The van der Waals surface area contributed by atoms with E-state index >= 15 is 0 Å². The van der Waals surface area contributed by atoms with Crippen molar-refractivity contribution in [1.29, 1.82) is 0 Å². The summed E-state index contributed by atoms with van der Waals surface area (Å²) < 4.78 is 32.7. The average molecular weight is 439 g/mol. The third-order valence-corrected chi connectivity index (χ3v) is 7.60. The number of piperazine rings is 1. The van der Waals surface area contributed by atoms with Crippen molar-refractivity contribution in [2.24, 2.45) is 5.73 Å². The van der Waals surface area contributed by atoms with Gasteiger partial charge in [0, 0.05) is 39.3 Å². The van der Waals surface area contributed by atoms with Crippen molar-refractivity contribution in [2.45, 2.75) is 37.7 Å². The Kier molecular flexibility index (Phi) is 6.99. The summed E-state index contributed by atoms with van der Waals surface area (Å²) in [4.78, 5) is 28.7. The Morgan fingerprint density at radius 3 is 2.30 bits per heavy atom. The lowest BCUT2D eigenvalue weighted by molar-refractivity contribution is -0.139. The zero-order valence-corrected chi connectivity index (χ0v) is 18.4. The molecule has 1 aromatic carbocycles. The number of carbonyl (C=O) groups is 2. The van der Waals surface area contributed by atoms with Crippen LogP contribution in [-0.2, 0) is 14.8 Å². The van der Waals surface area contributed by atoms with E-state index in [0.717, 1.165) is 32.5 Å². The molecule has 30 heavy (non-hydrogen) atoms. The molecule has 0 saturated carbocycles. The first-order chi connectivity index (χ1) is 14.2. The van der Waals surface area contributed by atoms with Gasteiger partial charge in [-0.1, -0.05) is 6.92 Å². The molecule has 2 saturated heterocycles. The number of primary amides is 1. The fourth-order valence-corrected chi connectivity index (χ4v) is 5.37. The van der Waals surface area contributed by atoms with Crippen LogP contribution in [0.15, 0.2) is 23.1 Å². The van der Waals surface area contributed by atoms with Crippen molar-refractivity contribution >= 4 is 21.8 Å². The number of likely N-dealkylation sites (N-methyl/N-ethyl adjacent to an activating group) is 1. The standard InChI is InChI=1S/C20H30N4O5S/c1-3-22-10-12-23(13-11-22)20(26)15(2)29-18-7-6-16(14-17(18)19(21)25)30(27,28)24-8-4-5-9-24/h6-7,14-15H,3-5,8-13H2,1-2H3,(H2,21,25)/t15-/m1/s1. The van der Waals surface area contributed by atoms with Crippen LogP contribution >= 0.6 is 0 Å². The number of hydrogen-bond donors (Lipinski definition) is 1. The highest BCUT2D eigenvalue weighted by Gasteiger charge is 2.30. The first-order valence-corrected chi connectivity index (χ1v) is 11.8. The van der Waals surface area contributed by atoms with Gasteiger partial charge in [-0.3, -0.25) is 9.59 Å². The first-order valence-electron chi connectivity index (χ1n) is 10.4. The number of carbonyl (C=O) groups excluding carboxylic acids is 2. The summed E-state index contributed by atoms with van der Waals surface area (Å²) >= 11 is 0. The van der Waals surface area contributed by atoms with Gasteiger partial charge in [-0.2, -0.15) is 4.31 Å². The molecule has 2 aliphatic rings. The van der Waals surface area contributed by atoms with Gasteiger partial charge in [-0.25, -0.2) is 8.42 Å². The predicted octanol–water partition coefficient (Wildman–Crippen LogP) is 0.501. The lowest BCUT2D eigenvalue weighted by Crippen LogP contribution is -2.51. The molecule has 1 atom stereocenters. The van der Waals surface area contributed by atoms with Crippen molar-refractivity contribution in [3.63, 3.8) is 0 Å². The lowest BCUT2D eigenvalue weighted by Gasteiger charge is -2.35. The topological polar surface area (TPSA) is 113 Å². The van der Waals surface area contributed by atoms with Crippen LogP contribution in [0.1, 0.15) is 37.0 Å². The molecule has 2 aliphatic heterocycles. The van der Waals surface area contributed by atoms with Crippen LogP contribution in [0.5, 0.6) is 5.75 Å². The van der Waals surface area contributed by atoms with Gasteiger partial charge in [0.1, 0.15) is 5.75 Å². The van der Waals surface area contributed by atoms with Crippen molar-refractivity contribution < 1.29 is 22.7 Å². The molecule has 0 aromatic heterocycles. The maximum Gasteiger partial charge on any atom is 0.263 e. The average Bonchev–Trinajstić information content (AvgIpc) is 3.29. The molecule has 9 nitrogen and oxygen atoms in total. The Morgan fingerprint density at radius 1 is 1.10 bits per heavy atom. The van der Waals surface area contributed by atoms with E-state index < -0.39 is 22.0 Å². The van der Waals surface area contributed by atoms with Crippen LogP contribution in [0, 0.1) is 0 Å². The van der Waals surface area contributed by atoms with E-state index in [1.54, 1.807) is 11.8 Å². The third-order valence-electron chi connectivity index (χ3n) is 5.70. The highest BCUT2D eigenvalue weighted by Crippen LogP contribution is 2.27. The molecule has 3 rings (SSSR count). The third kappa shape index (κ3) is 4.76. The van der Waals surface area contributed by atoms with Gasteiger partial charge < -0.3 is 20.3 Å². The molecule has 10 heteroatoms. The smallest absolute Gasteiger partial charge is 0.263 e. The molecule has 0 bridgehead atoms. The Labute approximate surface area is 177 Å². The number of nitrogens with zero attached hydrogens (tertiary/aromatic N) is 3. The summed E-state index contributed by atoms with van der Waals surface area (Å²) in [6.07, 6.45) is 0.808. The first kappa shape index (κ1) is 22.5. The number of nitrogens with two attached hydrogens (primary N) is 1. The second-order valence-electron chi connectivity index (χ2n) is 7.65. The number of amides is 2. The Bertz CT molecular complexity index is 890. The van der Waals surface area contributed by atoms with Crippen LogP contribution in [0.4, 0.5) is 0 Å². The molecule has 1 aromatic rings. The molecular formula is C20H30N4O5S. The Morgan fingerprint density at radius 2 is 1.73 bits per heavy atom. The van der Waals surface area contributed by atoms with E-state index in [2.05, 4.69) is 11.8 Å². The van der Waals surface area contributed by atoms with E-state index in [9.17, 15) is 18.0 Å². The molecular weight excluding hydrogens is 408 g/mol. The quantitative estimate of drug-likeness (QED) is 0.663. The minimum atomic E-state index is -3.69. The SMILES string of the molecule is CCN1CCN(C(=O)[C@@H](C)Oc2ccc(S(=O)(=O)N3CCCC3)cc2C(N)=O)CC1. The van der Waals surface area contributed by atoms with Crippen LogP contribution in [-0.4, -0.2) is 86.3 Å². The minimum absolute atomic E-state index is 0.000201. The van der Waals surface area contributed by atoms with E-state index in [1.165, 1.54) is 22.5 Å². The Hall–Kier alpha value is -2.17. The number of sulfonamides is 1. The maximum absolute atomic E-state index is 12.8. The fourth-order valence-electron chi connectivity index (χ4n) is 3.82. The van der Waals surface area contributed by atoms with Crippen molar-refractivity contribution in [3.8, 4) is 5.75 Å². The zero-order chi connectivity index (χ0) is 21.9. The zero-order valence-electron chi connectivity index (χ0n) is 17.5. The van der Waals surface area contributed by atoms with Crippen LogP contribution in [0.3, 0.4) is 0 Å². The molecule has 0 radical (unpaired) electrons. The summed E-state index contributed by atoms with van der Waals surface area (Å²) in [6.45, 7) is 8.44. The second-order valence-corrected chi connectivity index (χ2v) is 9.59. The van der Waals surface area contributed by atoms with E-state index in [-0.39, 0.29) is 22.1 Å². The lowest BCUT2D eigenvalue weighted by atomic mass is 10.2. The highest BCUT2D eigenvalue weighted by molar-refractivity contribution is 7.89. The van der Waals surface area contributed by atoms with Crippen LogP contribution in [0.2, 0.25) is 0 Å². The largest absolute Gasteiger partial charge is 0.480 e. The molecule has 0 unspecified atom stereocenters.